The lowest BCUT2D eigenvalue weighted by molar-refractivity contribution is -0.135. The van der Waals surface area contributed by atoms with E-state index < -0.39 is 5.97 Å². The number of carboxylic acids is 1. The fourth-order valence-electron chi connectivity index (χ4n) is 3.15. The van der Waals surface area contributed by atoms with Gasteiger partial charge in [-0.2, -0.15) is 0 Å². The Labute approximate surface area is 143 Å². The topological polar surface area (TPSA) is 94.9 Å². The fourth-order valence-corrected chi connectivity index (χ4v) is 3.15. The number of hydrogen-bond acceptors (Lipinski definition) is 4. The first-order valence-electron chi connectivity index (χ1n) is 7.89. The molecule has 126 valence electrons. The highest BCUT2D eigenvalue weighted by molar-refractivity contribution is 6.21. The minimum Gasteiger partial charge on any atom is -0.494 e. The van der Waals surface area contributed by atoms with Crippen LogP contribution in [0.25, 0.3) is 10.9 Å². The van der Waals surface area contributed by atoms with Gasteiger partial charge >= 0.3 is 5.97 Å². The van der Waals surface area contributed by atoms with E-state index in [2.05, 4.69) is 9.98 Å². The number of ether oxygens (including phenoxy) is 1. The molecule has 0 radical (unpaired) electrons. The predicted molar refractivity (Wildman–Crippen MR) is 93.0 cm³/mol. The summed E-state index contributed by atoms with van der Waals surface area (Å²) in [5.74, 6) is -1.05. The van der Waals surface area contributed by atoms with Crippen molar-refractivity contribution in [2.24, 2.45) is 4.99 Å². The number of aliphatic carboxylic acids is 1. The molecule has 1 aliphatic rings. The Morgan fingerprint density at radius 1 is 1.16 bits per heavy atom. The van der Waals surface area contributed by atoms with Gasteiger partial charge in [-0.05, 0) is 23.3 Å². The number of fused-ring (bicyclic) bond motifs is 2. The zero-order chi connectivity index (χ0) is 17.4. The Hall–Kier alpha value is -3.12. The Kier molecular flexibility index (Phi) is 3.74. The van der Waals surface area contributed by atoms with Crippen LogP contribution in [-0.4, -0.2) is 33.4 Å². The summed E-state index contributed by atoms with van der Waals surface area (Å²) in [6.45, 7) is 0.729. The molecule has 25 heavy (non-hydrogen) atoms. The Morgan fingerprint density at radius 3 is 2.80 bits per heavy atom. The summed E-state index contributed by atoms with van der Waals surface area (Å²) in [5, 5.41) is 20.3. The van der Waals surface area contributed by atoms with Crippen LogP contribution < -0.4 is 0 Å². The van der Waals surface area contributed by atoms with E-state index in [1.165, 1.54) is 0 Å². The van der Waals surface area contributed by atoms with Crippen LogP contribution >= 0.6 is 0 Å². The molecule has 2 heterocycles. The maximum absolute atomic E-state index is 11.0. The van der Waals surface area contributed by atoms with E-state index in [1.807, 2.05) is 42.5 Å². The van der Waals surface area contributed by atoms with Gasteiger partial charge in [-0.15, -0.1) is 0 Å². The SMILES string of the molecule is O=C(O)CN=C(c1ccc2c(c1)COC2)c1c(O)[nH]c2ccccc12. The summed E-state index contributed by atoms with van der Waals surface area (Å²) in [5.41, 5.74) is 4.65. The van der Waals surface area contributed by atoms with Gasteiger partial charge < -0.3 is 19.9 Å². The van der Waals surface area contributed by atoms with E-state index in [9.17, 15) is 9.90 Å². The largest absolute Gasteiger partial charge is 0.494 e. The number of aliphatic imine (C=N–C) groups is 1. The summed E-state index contributed by atoms with van der Waals surface area (Å²) >= 11 is 0. The van der Waals surface area contributed by atoms with E-state index in [4.69, 9.17) is 9.84 Å². The molecule has 0 aliphatic carbocycles. The van der Waals surface area contributed by atoms with Gasteiger partial charge in [0, 0.05) is 16.5 Å². The van der Waals surface area contributed by atoms with Gasteiger partial charge in [-0.3, -0.25) is 9.79 Å². The number of aromatic amines is 1. The minimum absolute atomic E-state index is 0.0258. The number of aromatic hydroxyl groups is 1. The van der Waals surface area contributed by atoms with Crippen molar-refractivity contribution in [2.75, 3.05) is 6.54 Å². The lowest BCUT2D eigenvalue weighted by atomic mass is 9.97. The number of nitrogens with one attached hydrogen (secondary N) is 1. The lowest BCUT2D eigenvalue weighted by Gasteiger charge is -2.09. The molecule has 3 aromatic rings. The average Bonchev–Trinajstić information content (AvgIpc) is 3.18. The second-order valence-corrected chi connectivity index (χ2v) is 5.93. The second-order valence-electron chi connectivity index (χ2n) is 5.93. The van der Waals surface area contributed by atoms with Crippen molar-refractivity contribution >= 4 is 22.6 Å². The van der Waals surface area contributed by atoms with Crippen molar-refractivity contribution in [1.82, 2.24) is 4.98 Å². The van der Waals surface area contributed by atoms with Gasteiger partial charge in [-0.1, -0.05) is 30.3 Å². The summed E-state index contributed by atoms with van der Waals surface area (Å²) in [4.78, 5) is 18.2. The van der Waals surface area contributed by atoms with E-state index >= 15 is 0 Å². The molecular formula is C19H16N2O4. The molecule has 0 atom stereocenters. The number of hydrogen-bond donors (Lipinski definition) is 3. The van der Waals surface area contributed by atoms with Crippen LogP contribution in [0.4, 0.5) is 0 Å². The van der Waals surface area contributed by atoms with Crippen LogP contribution in [0.15, 0.2) is 47.5 Å². The van der Waals surface area contributed by atoms with Crippen molar-refractivity contribution in [1.29, 1.82) is 0 Å². The zero-order valence-corrected chi connectivity index (χ0v) is 13.3. The van der Waals surface area contributed by atoms with Gasteiger partial charge in [0.1, 0.15) is 6.54 Å². The highest BCUT2D eigenvalue weighted by Crippen LogP contribution is 2.31. The molecule has 2 aromatic carbocycles. The number of aromatic nitrogens is 1. The molecule has 0 amide bonds. The lowest BCUT2D eigenvalue weighted by Crippen LogP contribution is -2.09. The molecular weight excluding hydrogens is 320 g/mol. The predicted octanol–water partition coefficient (Wildman–Crippen LogP) is 2.83. The highest BCUT2D eigenvalue weighted by atomic mass is 16.5. The van der Waals surface area contributed by atoms with E-state index in [-0.39, 0.29) is 12.4 Å². The number of H-pyrrole nitrogens is 1. The Morgan fingerprint density at radius 2 is 1.96 bits per heavy atom. The molecule has 0 unspecified atom stereocenters. The molecule has 0 fully saturated rings. The summed E-state index contributed by atoms with van der Waals surface area (Å²) in [7, 11) is 0. The van der Waals surface area contributed by atoms with Crippen LogP contribution in [0.5, 0.6) is 5.88 Å². The van der Waals surface area contributed by atoms with Crippen LogP contribution in [0.3, 0.4) is 0 Å². The van der Waals surface area contributed by atoms with Gasteiger partial charge in [0.15, 0.2) is 5.88 Å². The number of carbonyl (C=O) groups is 1. The Bertz CT molecular complexity index is 1000. The first kappa shape index (κ1) is 15.4. The molecule has 3 N–H and O–H groups in total. The third-order valence-corrected chi connectivity index (χ3v) is 4.29. The third kappa shape index (κ3) is 2.77. The molecule has 0 saturated heterocycles. The average molecular weight is 336 g/mol. The number of nitrogens with zero attached hydrogens (tertiary/aromatic N) is 1. The van der Waals surface area contributed by atoms with Crippen LogP contribution in [0, 0.1) is 0 Å². The molecule has 1 aromatic heterocycles. The molecule has 1 aliphatic heterocycles. The van der Waals surface area contributed by atoms with E-state index in [0.29, 0.717) is 24.5 Å². The van der Waals surface area contributed by atoms with Crippen molar-refractivity contribution in [2.45, 2.75) is 13.2 Å². The van der Waals surface area contributed by atoms with Crippen LogP contribution in [0.1, 0.15) is 22.3 Å². The summed E-state index contributed by atoms with van der Waals surface area (Å²) in [6, 6.07) is 13.2. The zero-order valence-electron chi connectivity index (χ0n) is 13.3. The smallest absolute Gasteiger partial charge is 0.325 e. The maximum Gasteiger partial charge on any atom is 0.325 e. The normalized spacial score (nSPS) is 14.0. The van der Waals surface area contributed by atoms with Crippen molar-refractivity contribution < 1.29 is 19.7 Å². The molecule has 4 rings (SSSR count). The first-order chi connectivity index (χ1) is 12.1. The highest BCUT2D eigenvalue weighted by Gasteiger charge is 2.20. The molecule has 6 nitrogen and oxygen atoms in total. The van der Waals surface area contributed by atoms with Crippen molar-refractivity contribution in [3.05, 3.63) is 64.7 Å². The standard InChI is InChI=1S/C19H16N2O4/c22-16(23)8-20-18(11-5-6-12-9-25-10-13(12)7-11)17-14-3-1-2-4-15(14)21-19(17)24/h1-7,21,24H,8-10H2,(H,22,23). The molecule has 0 bridgehead atoms. The number of carboxylic acid groups (broad SMARTS) is 1. The number of rotatable bonds is 4. The third-order valence-electron chi connectivity index (χ3n) is 4.29. The van der Waals surface area contributed by atoms with Gasteiger partial charge in [0.05, 0.1) is 24.5 Å². The van der Waals surface area contributed by atoms with Gasteiger partial charge in [-0.25, -0.2) is 0 Å². The summed E-state index contributed by atoms with van der Waals surface area (Å²) in [6.07, 6.45) is 0. The second kappa shape index (κ2) is 6.07. The van der Waals surface area contributed by atoms with Crippen LogP contribution in [0.2, 0.25) is 0 Å². The molecule has 0 spiro atoms. The van der Waals surface area contributed by atoms with Crippen molar-refractivity contribution in [3.8, 4) is 5.88 Å². The van der Waals surface area contributed by atoms with Crippen molar-refractivity contribution in [3.63, 3.8) is 0 Å². The minimum atomic E-state index is -1.03. The fraction of sp³-hybridized carbons (Fsp3) is 0.158. The maximum atomic E-state index is 11.0. The quantitative estimate of drug-likeness (QED) is 0.639. The van der Waals surface area contributed by atoms with E-state index in [0.717, 1.165) is 27.6 Å². The number of para-hydroxylation sites is 1. The van der Waals surface area contributed by atoms with Crippen LogP contribution in [-0.2, 0) is 22.7 Å². The monoisotopic (exact) mass is 336 g/mol. The van der Waals surface area contributed by atoms with E-state index in [1.54, 1.807) is 0 Å². The molecule has 6 heteroatoms. The van der Waals surface area contributed by atoms with Gasteiger partial charge in [0.2, 0.25) is 0 Å². The first-order valence-corrected chi connectivity index (χ1v) is 7.89. The van der Waals surface area contributed by atoms with Gasteiger partial charge in [0.25, 0.3) is 0 Å². The number of benzene rings is 2. The Balaban J connectivity index is 1.91. The molecule has 0 saturated carbocycles. The summed E-state index contributed by atoms with van der Waals surface area (Å²) < 4.78 is 5.44.